The molecule has 0 amide bonds. The minimum atomic E-state index is -0.347. The number of carbonyl (C=O) groups excluding carboxylic acids is 1. The summed E-state index contributed by atoms with van der Waals surface area (Å²) in [5, 5.41) is 0. The molecule has 0 fully saturated rings. The van der Waals surface area contributed by atoms with Gasteiger partial charge in [0, 0.05) is 19.5 Å². The van der Waals surface area contributed by atoms with Gasteiger partial charge in [-0.1, -0.05) is 32.1 Å². The molecule has 4 heteroatoms. The van der Waals surface area contributed by atoms with Gasteiger partial charge in [0.15, 0.2) is 0 Å². The topological polar surface area (TPSA) is 51.0 Å². The van der Waals surface area contributed by atoms with Gasteiger partial charge in [0.25, 0.3) is 0 Å². The maximum atomic E-state index is 11.9. The zero-order chi connectivity index (χ0) is 18.4. The van der Waals surface area contributed by atoms with Gasteiger partial charge in [-0.3, -0.25) is 9.98 Å². The van der Waals surface area contributed by atoms with E-state index in [-0.39, 0.29) is 5.97 Å². The Morgan fingerprint density at radius 3 is 2.50 bits per heavy atom. The van der Waals surface area contributed by atoms with Gasteiger partial charge in [0.1, 0.15) is 0 Å². The molecular formula is C20H28N2O2. The summed E-state index contributed by atoms with van der Waals surface area (Å²) in [6.07, 6.45) is 14.4. The van der Waals surface area contributed by atoms with E-state index in [0.29, 0.717) is 11.3 Å². The fourth-order valence-electron chi connectivity index (χ4n) is 1.77. The molecule has 0 N–H and O–H groups in total. The number of aliphatic imine (C=N–C) groups is 2. The van der Waals surface area contributed by atoms with Crippen LogP contribution in [0, 0.1) is 0 Å². The molecule has 0 unspecified atom stereocenters. The number of allylic oxidation sites excluding steroid dienone is 6. The number of nitrogens with zero attached hydrogens (tertiary/aromatic N) is 2. The third-order valence-corrected chi connectivity index (χ3v) is 3.01. The van der Waals surface area contributed by atoms with E-state index < -0.39 is 0 Å². The number of hydrogen-bond donors (Lipinski definition) is 0. The van der Waals surface area contributed by atoms with E-state index in [1.807, 2.05) is 38.2 Å². The lowest BCUT2D eigenvalue weighted by molar-refractivity contribution is -0.135. The summed E-state index contributed by atoms with van der Waals surface area (Å²) >= 11 is 0. The minimum Gasteiger partial charge on any atom is -0.465 e. The van der Waals surface area contributed by atoms with Crippen LogP contribution in [0.25, 0.3) is 0 Å². The first-order valence-electron chi connectivity index (χ1n) is 7.95. The Balaban J connectivity index is 5.63. The number of carbonyl (C=O) groups is 1. The zero-order valence-electron chi connectivity index (χ0n) is 15.4. The minimum absolute atomic E-state index is 0.347. The van der Waals surface area contributed by atoms with Crippen LogP contribution in [-0.2, 0) is 9.53 Å². The van der Waals surface area contributed by atoms with Crippen LogP contribution in [0.15, 0.2) is 69.4 Å². The van der Waals surface area contributed by atoms with Crippen molar-refractivity contribution in [3.8, 4) is 0 Å². The highest BCUT2D eigenvalue weighted by atomic mass is 16.5. The van der Waals surface area contributed by atoms with Gasteiger partial charge in [-0.05, 0) is 49.6 Å². The molecule has 0 atom stereocenters. The molecule has 130 valence electrons. The lowest BCUT2D eigenvalue weighted by atomic mass is 10.0. The fourth-order valence-corrected chi connectivity index (χ4v) is 1.77. The van der Waals surface area contributed by atoms with E-state index in [4.69, 9.17) is 4.74 Å². The van der Waals surface area contributed by atoms with Crippen LogP contribution >= 0.6 is 0 Å². The maximum Gasteiger partial charge on any atom is 0.337 e. The summed E-state index contributed by atoms with van der Waals surface area (Å²) in [4.78, 5) is 20.2. The Hall–Kier alpha value is -2.49. The molecule has 0 aromatic heterocycles. The van der Waals surface area contributed by atoms with Crippen LogP contribution in [0.2, 0.25) is 0 Å². The molecule has 0 radical (unpaired) electrons. The predicted molar refractivity (Wildman–Crippen MR) is 104 cm³/mol. The molecule has 0 bridgehead atoms. The number of unbranched alkanes of at least 4 members (excludes halogenated alkanes) is 1. The summed E-state index contributed by atoms with van der Waals surface area (Å²) < 4.78 is 4.84. The van der Waals surface area contributed by atoms with Gasteiger partial charge >= 0.3 is 5.97 Å². The van der Waals surface area contributed by atoms with Crippen LogP contribution in [-0.4, -0.2) is 32.6 Å². The van der Waals surface area contributed by atoms with E-state index in [1.165, 1.54) is 7.11 Å². The van der Waals surface area contributed by atoms with E-state index in [1.54, 1.807) is 25.6 Å². The lowest BCUT2D eigenvalue weighted by Gasteiger charge is -2.06. The molecule has 0 spiro atoms. The van der Waals surface area contributed by atoms with Crippen LogP contribution in [0.1, 0.15) is 33.6 Å². The molecule has 0 saturated carbocycles. The van der Waals surface area contributed by atoms with Gasteiger partial charge in [-0.15, -0.1) is 0 Å². The molecule has 0 aliphatic heterocycles. The maximum absolute atomic E-state index is 11.9. The Morgan fingerprint density at radius 2 is 1.96 bits per heavy atom. The summed E-state index contributed by atoms with van der Waals surface area (Å²) in [5.74, 6) is -0.347. The lowest BCUT2D eigenvalue weighted by Crippen LogP contribution is -2.04. The molecule has 0 rings (SSSR count). The molecule has 0 aromatic rings. The smallest absolute Gasteiger partial charge is 0.337 e. The average Bonchev–Trinajstić information content (AvgIpc) is 2.57. The molecular weight excluding hydrogens is 300 g/mol. The first kappa shape index (κ1) is 21.5. The second-order valence-corrected chi connectivity index (χ2v) is 5.05. The largest absolute Gasteiger partial charge is 0.465 e. The molecule has 0 saturated heterocycles. The summed E-state index contributed by atoms with van der Waals surface area (Å²) in [5.41, 5.74) is 2.87. The number of rotatable bonds is 9. The molecule has 0 aliphatic rings. The van der Waals surface area contributed by atoms with Crippen LogP contribution in [0.3, 0.4) is 0 Å². The molecule has 24 heavy (non-hydrogen) atoms. The number of esters is 1. The average molecular weight is 328 g/mol. The fraction of sp³-hybridized carbons (Fsp3) is 0.350. The zero-order valence-corrected chi connectivity index (χ0v) is 15.4. The highest BCUT2D eigenvalue weighted by Crippen LogP contribution is 2.15. The Labute approximate surface area is 145 Å². The third kappa shape index (κ3) is 8.83. The van der Waals surface area contributed by atoms with Gasteiger partial charge in [0.2, 0.25) is 0 Å². The first-order valence-corrected chi connectivity index (χ1v) is 7.95. The van der Waals surface area contributed by atoms with Crippen molar-refractivity contribution in [3.63, 3.8) is 0 Å². The number of hydrogen-bond acceptors (Lipinski definition) is 4. The standard InChI is InChI=1S/C20H28N2O2/c1-7-9-11-18(20(23)24-6)13-16(3)19(15-21-5)14-17(4)22-12-10-8-2/h8,10-15H,4,7,9H2,1-3,5-6H3/b10-8?,16-13+,18-11?,19-14+,21-15?,22-12?. The van der Waals surface area contributed by atoms with Crippen molar-refractivity contribution in [2.24, 2.45) is 9.98 Å². The van der Waals surface area contributed by atoms with Crippen molar-refractivity contribution >= 4 is 18.4 Å². The monoisotopic (exact) mass is 328 g/mol. The number of ether oxygens (including phenoxy) is 1. The van der Waals surface area contributed by atoms with Crippen molar-refractivity contribution in [2.45, 2.75) is 33.6 Å². The highest BCUT2D eigenvalue weighted by molar-refractivity contribution is 5.93. The SMILES string of the molecule is C=C(/C=C(C=NC)/C(C)=C/C(=CCCC)C(=O)OC)N=CC=CC. The van der Waals surface area contributed by atoms with Gasteiger partial charge in [0.05, 0.1) is 18.4 Å². The van der Waals surface area contributed by atoms with Crippen molar-refractivity contribution in [1.29, 1.82) is 0 Å². The second-order valence-electron chi connectivity index (χ2n) is 5.05. The molecule has 0 aromatic carbocycles. The first-order chi connectivity index (χ1) is 11.5. The van der Waals surface area contributed by atoms with Gasteiger partial charge in [-0.2, -0.15) is 0 Å². The van der Waals surface area contributed by atoms with Gasteiger partial charge < -0.3 is 4.74 Å². The van der Waals surface area contributed by atoms with Gasteiger partial charge in [-0.25, -0.2) is 4.79 Å². The third-order valence-electron chi connectivity index (χ3n) is 3.01. The van der Waals surface area contributed by atoms with Crippen molar-refractivity contribution in [3.05, 3.63) is 59.4 Å². The molecule has 4 nitrogen and oxygen atoms in total. The summed E-state index contributed by atoms with van der Waals surface area (Å²) in [7, 11) is 3.08. The summed E-state index contributed by atoms with van der Waals surface area (Å²) in [6.45, 7) is 9.80. The second kappa shape index (κ2) is 13.0. The van der Waals surface area contributed by atoms with Crippen molar-refractivity contribution in [1.82, 2.24) is 0 Å². The molecule has 0 heterocycles. The van der Waals surface area contributed by atoms with Crippen LogP contribution in [0.4, 0.5) is 0 Å². The Morgan fingerprint density at radius 1 is 1.25 bits per heavy atom. The molecule has 0 aliphatic carbocycles. The Bertz CT molecular complexity index is 603. The van der Waals surface area contributed by atoms with Crippen molar-refractivity contribution in [2.75, 3.05) is 14.2 Å². The van der Waals surface area contributed by atoms with Crippen LogP contribution in [0.5, 0.6) is 0 Å². The highest BCUT2D eigenvalue weighted by Gasteiger charge is 2.08. The normalized spacial score (nSPS) is 14.1. The van der Waals surface area contributed by atoms with E-state index >= 15 is 0 Å². The van der Waals surface area contributed by atoms with Crippen LogP contribution < -0.4 is 0 Å². The summed E-state index contributed by atoms with van der Waals surface area (Å²) in [6, 6.07) is 0. The Kier molecular flexibility index (Phi) is 11.6. The van der Waals surface area contributed by atoms with E-state index in [9.17, 15) is 4.79 Å². The number of methoxy groups -OCH3 is 1. The van der Waals surface area contributed by atoms with Crippen molar-refractivity contribution < 1.29 is 9.53 Å². The van der Waals surface area contributed by atoms with E-state index in [0.717, 1.165) is 24.0 Å². The predicted octanol–water partition coefficient (Wildman–Crippen LogP) is 4.62. The van der Waals surface area contributed by atoms with E-state index in [2.05, 4.69) is 23.5 Å². The quantitative estimate of drug-likeness (QED) is 0.268.